The lowest BCUT2D eigenvalue weighted by molar-refractivity contribution is -0.384. The fourth-order valence-corrected chi connectivity index (χ4v) is 7.97. The maximum Gasteiger partial charge on any atom is 0.310 e. The van der Waals surface area contributed by atoms with Crippen molar-refractivity contribution in [1.29, 1.82) is 0 Å². The van der Waals surface area contributed by atoms with E-state index >= 15 is 0 Å². The Kier molecular flexibility index (Phi) is 12.2. The molecule has 2 aliphatic heterocycles. The van der Waals surface area contributed by atoms with Crippen molar-refractivity contribution in [3.8, 4) is 40.2 Å². The minimum absolute atomic E-state index is 0.0624. The second kappa shape index (κ2) is 17.8. The lowest BCUT2D eigenvalue weighted by Crippen LogP contribution is -2.42. The Morgan fingerprint density at radius 1 is 0.831 bits per heavy atom. The molecule has 59 heavy (non-hydrogen) atoms. The Bertz CT molecular complexity index is 2260. The minimum atomic E-state index is -0.613. The normalized spacial score (nSPS) is 18.7. The van der Waals surface area contributed by atoms with Crippen molar-refractivity contribution in [2.75, 3.05) is 48.4 Å². The summed E-state index contributed by atoms with van der Waals surface area (Å²) < 4.78 is 45.6. The highest BCUT2D eigenvalue weighted by atomic mass is 16.7. The van der Waals surface area contributed by atoms with Crippen LogP contribution in [0.15, 0.2) is 72.8 Å². The van der Waals surface area contributed by atoms with E-state index in [4.69, 9.17) is 37.9 Å². The van der Waals surface area contributed by atoms with Gasteiger partial charge in [0.2, 0.25) is 18.4 Å². The topological polar surface area (TPSA) is 180 Å². The number of nitrogens with zero attached hydrogens (tertiary/aromatic N) is 1. The molecular formula is C44H44N2O13. The summed E-state index contributed by atoms with van der Waals surface area (Å²) >= 11 is 0. The molecule has 7 rings (SSSR count). The largest absolute Gasteiger partial charge is 0.493 e. The molecule has 1 N–H and O–H groups in total. The molecule has 0 saturated carbocycles. The summed E-state index contributed by atoms with van der Waals surface area (Å²) in [5, 5.41) is 14.3. The molecule has 0 bridgehead atoms. The predicted octanol–water partition coefficient (Wildman–Crippen LogP) is 6.99. The SMILES string of the molecule is COc1cc(/C=C/C(=O)c2cccc([N+](=O)[O-])c2)ccc1OCCCCCC(=O)N[C@@H]1c2cc3c(cc2[C@@H](c2cc(OC)c(OC)c(OC)c2)[C@H]2C(=O)OC[C@@H]21)OCO3. The summed E-state index contributed by atoms with van der Waals surface area (Å²) in [5.41, 5.74) is 3.12. The number of hydrogen-bond acceptors (Lipinski definition) is 13. The Morgan fingerprint density at radius 2 is 1.56 bits per heavy atom. The van der Waals surface area contributed by atoms with Crippen LogP contribution in [0.1, 0.15) is 70.3 Å². The van der Waals surface area contributed by atoms with Crippen LogP contribution in [-0.4, -0.2) is 71.0 Å². The number of allylic oxidation sites excluding steroid dienone is 1. The number of hydrogen-bond donors (Lipinski definition) is 1. The average molecular weight is 809 g/mol. The van der Waals surface area contributed by atoms with Gasteiger partial charge < -0.3 is 43.2 Å². The van der Waals surface area contributed by atoms with Gasteiger partial charge in [0.15, 0.2) is 40.3 Å². The number of fused-ring (bicyclic) bond motifs is 3. The quantitative estimate of drug-likeness (QED) is 0.0288. The number of nitrogens with one attached hydrogen (secondary N) is 1. The smallest absolute Gasteiger partial charge is 0.310 e. The number of ketones is 1. The molecule has 0 radical (unpaired) electrons. The maximum absolute atomic E-state index is 13.6. The number of nitro benzene ring substituents is 1. The van der Waals surface area contributed by atoms with Crippen LogP contribution in [0.2, 0.25) is 0 Å². The van der Waals surface area contributed by atoms with E-state index in [0.717, 1.165) is 16.7 Å². The van der Waals surface area contributed by atoms with Crippen LogP contribution in [0.4, 0.5) is 5.69 Å². The number of esters is 1. The molecular weight excluding hydrogens is 764 g/mol. The molecule has 308 valence electrons. The molecule has 2 heterocycles. The number of ether oxygens (including phenoxy) is 8. The molecule has 1 fully saturated rings. The van der Waals surface area contributed by atoms with E-state index in [9.17, 15) is 24.5 Å². The standard InChI is InChI=1S/C44H44N2O13/c1-52-34-17-25(12-14-32(47)26-9-8-10-28(18-26)46(50)51)13-15-33(34)56-16-7-5-6-11-39(48)45-42-30-22-36-35(58-24-59-36)21-29(30)40(41-31(42)23-57-44(41)49)27-19-37(53-2)43(55-4)38(20-27)54-3/h8-10,12-15,17-22,31,40-42H,5-7,11,16,23-24H2,1-4H3,(H,45,48)/b14-12+/t31-,40+,41-,42+/m0/s1. The number of methoxy groups -OCH3 is 4. The molecule has 4 aromatic rings. The summed E-state index contributed by atoms with van der Waals surface area (Å²) in [6.45, 7) is 0.583. The van der Waals surface area contributed by atoms with E-state index in [0.29, 0.717) is 71.7 Å². The number of carbonyl (C=O) groups excluding carboxylic acids is 3. The molecule has 15 heteroatoms. The van der Waals surface area contributed by atoms with Crippen LogP contribution >= 0.6 is 0 Å². The zero-order valence-electron chi connectivity index (χ0n) is 33.0. The van der Waals surface area contributed by atoms with Crippen molar-refractivity contribution >= 4 is 29.4 Å². The Balaban J connectivity index is 0.976. The number of non-ortho nitro benzene ring substituents is 1. The molecule has 0 spiro atoms. The number of nitro groups is 1. The monoisotopic (exact) mass is 808 g/mol. The van der Waals surface area contributed by atoms with Gasteiger partial charge in [0.1, 0.15) is 0 Å². The van der Waals surface area contributed by atoms with Crippen LogP contribution in [-0.2, 0) is 14.3 Å². The number of benzene rings is 4. The first-order valence-electron chi connectivity index (χ1n) is 19.1. The van der Waals surface area contributed by atoms with Gasteiger partial charge in [0.05, 0.1) is 58.5 Å². The number of unbranched alkanes of at least 4 members (excludes halogenated alkanes) is 2. The third-order valence-electron chi connectivity index (χ3n) is 10.8. The summed E-state index contributed by atoms with van der Waals surface area (Å²) in [6, 6.07) is 17.7. The van der Waals surface area contributed by atoms with Crippen LogP contribution in [0.5, 0.6) is 40.2 Å². The summed E-state index contributed by atoms with van der Waals surface area (Å²) in [5.74, 6) is 1.13. The summed E-state index contributed by atoms with van der Waals surface area (Å²) in [6.07, 6.45) is 5.21. The number of cyclic esters (lactones) is 1. The van der Waals surface area contributed by atoms with Crippen molar-refractivity contribution < 1.29 is 57.2 Å². The molecule has 15 nitrogen and oxygen atoms in total. The van der Waals surface area contributed by atoms with Crippen LogP contribution in [0.25, 0.3) is 6.08 Å². The lowest BCUT2D eigenvalue weighted by atomic mass is 9.65. The highest BCUT2D eigenvalue weighted by Gasteiger charge is 2.53. The molecule has 0 aromatic heterocycles. The molecule has 3 aliphatic rings. The van der Waals surface area contributed by atoms with Crippen molar-refractivity contribution in [3.63, 3.8) is 0 Å². The van der Waals surface area contributed by atoms with Gasteiger partial charge in [0.25, 0.3) is 5.69 Å². The molecule has 1 amide bonds. The predicted molar refractivity (Wildman–Crippen MR) is 213 cm³/mol. The van der Waals surface area contributed by atoms with Gasteiger partial charge in [0, 0.05) is 36.0 Å². The van der Waals surface area contributed by atoms with Gasteiger partial charge in [-0.2, -0.15) is 0 Å². The summed E-state index contributed by atoms with van der Waals surface area (Å²) in [7, 11) is 6.12. The van der Waals surface area contributed by atoms with Gasteiger partial charge in [-0.15, -0.1) is 0 Å². The van der Waals surface area contributed by atoms with E-state index in [1.165, 1.54) is 58.8 Å². The van der Waals surface area contributed by atoms with E-state index in [2.05, 4.69) is 5.32 Å². The first-order chi connectivity index (χ1) is 28.6. The maximum atomic E-state index is 13.6. The van der Waals surface area contributed by atoms with Gasteiger partial charge >= 0.3 is 5.97 Å². The fourth-order valence-electron chi connectivity index (χ4n) is 7.97. The van der Waals surface area contributed by atoms with Gasteiger partial charge in [-0.05, 0) is 84.0 Å². The van der Waals surface area contributed by atoms with E-state index in [1.807, 2.05) is 24.3 Å². The third kappa shape index (κ3) is 8.45. The van der Waals surface area contributed by atoms with Crippen LogP contribution in [0, 0.1) is 22.0 Å². The molecule has 4 atom stereocenters. The molecule has 1 aliphatic carbocycles. The Morgan fingerprint density at radius 3 is 2.25 bits per heavy atom. The number of carbonyl (C=O) groups is 3. The Labute approximate surface area is 340 Å². The van der Waals surface area contributed by atoms with Gasteiger partial charge in [-0.25, -0.2) is 0 Å². The highest BCUT2D eigenvalue weighted by molar-refractivity contribution is 6.07. The van der Waals surface area contributed by atoms with Crippen LogP contribution in [0.3, 0.4) is 0 Å². The highest BCUT2D eigenvalue weighted by Crippen LogP contribution is 2.55. The van der Waals surface area contributed by atoms with Crippen LogP contribution < -0.4 is 38.5 Å². The second-order valence-corrected chi connectivity index (χ2v) is 14.2. The number of rotatable bonds is 17. The average Bonchev–Trinajstić information content (AvgIpc) is 3.88. The van der Waals surface area contributed by atoms with Crippen molar-refractivity contribution in [3.05, 3.63) is 111 Å². The minimum Gasteiger partial charge on any atom is -0.493 e. The van der Waals surface area contributed by atoms with Gasteiger partial charge in [-0.1, -0.05) is 24.3 Å². The zero-order chi connectivity index (χ0) is 41.6. The number of amides is 1. The third-order valence-corrected chi connectivity index (χ3v) is 10.8. The van der Waals surface area contributed by atoms with Gasteiger partial charge in [-0.3, -0.25) is 24.5 Å². The summed E-state index contributed by atoms with van der Waals surface area (Å²) in [4.78, 5) is 50.2. The van der Waals surface area contributed by atoms with Crippen molar-refractivity contribution in [2.24, 2.45) is 11.8 Å². The van der Waals surface area contributed by atoms with E-state index < -0.39 is 22.8 Å². The molecule has 1 saturated heterocycles. The molecule has 4 aromatic carbocycles. The molecule has 0 unspecified atom stereocenters. The Hall–Kier alpha value is -6.77. The van der Waals surface area contributed by atoms with E-state index in [-0.39, 0.29) is 54.6 Å². The second-order valence-electron chi connectivity index (χ2n) is 14.2. The lowest BCUT2D eigenvalue weighted by Gasteiger charge is -2.39. The van der Waals surface area contributed by atoms with Crippen molar-refractivity contribution in [1.82, 2.24) is 5.32 Å². The van der Waals surface area contributed by atoms with E-state index in [1.54, 1.807) is 24.3 Å². The first kappa shape index (κ1) is 40.4. The first-order valence-corrected chi connectivity index (χ1v) is 19.1. The zero-order valence-corrected chi connectivity index (χ0v) is 33.0. The fraction of sp³-hybridized carbons (Fsp3) is 0.341. The van der Waals surface area contributed by atoms with Crippen molar-refractivity contribution in [2.45, 2.75) is 37.6 Å².